The molecule has 0 aliphatic carbocycles. The highest BCUT2D eigenvalue weighted by Crippen LogP contribution is 2.23. The Balaban J connectivity index is 1.36. The average molecular weight is 460 g/mol. The molecule has 4 rings (SSSR count). The zero-order chi connectivity index (χ0) is 24.2. The Hall–Kier alpha value is -4.53. The summed E-state index contributed by atoms with van der Waals surface area (Å²) in [6, 6.07) is 12.4. The maximum atomic E-state index is 12.4. The van der Waals surface area contributed by atoms with Gasteiger partial charge in [-0.15, -0.1) is 6.58 Å². The van der Waals surface area contributed by atoms with Crippen LogP contribution in [-0.2, 0) is 4.79 Å². The molecule has 0 saturated carbocycles. The summed E-state index contributed by atoms with van der Waals surface area (Å²) in [5, 5.41) is 2.99. The van der Waals surface area contributed by atoms with Gasteiger partial charge in [0.1, 0.15) is 16.9 Å². The summed E-state index contributed by atoms with van der Waals surface area (Å²) < 4.78 is 10.5. The molecular formula is C25H20N2O7. The molecule has 1 aliphatic rings. The Morgan fingerprint density at radius 1 is 1.03 bits per heavy atom. The van der Waals surface area contributed by atoms with Crippen LogP contribution in [0, 0.1) is 0 Å². The van der Waals surface area contributed by atoms with Crippen molar-refractivity contribution in [3.8, 4) is 5.75 Å². The van der Waals surface area contributed by atoms with Gasteiger partial charge in [0.25, 0.3) is 17.7 Å². The number of nitrogens with zero attached hydrogens (tertiary/aromatic N) is 1. The van der Waals surface area contributed by atoms with Crippen LogP contribution in [0.4, 0.5) is 0 Å². The lowest BCUT2D eigenvalue weighted by Crippen LogP contribution is -2.31. The van der Waals surface area contributed by atoms with E-state index in [-0.39, 0.29) is 54.6 Å². The number of carbonyl (C=O) groups excluding carboxylic acids is 4. The quantitative estimate of drug-likeness (QED) is 0.180. The Labute approximate surface area is 193 Å². The zero-order valence-corrected chi connectivity index (χ0v) is 18.0. The lowest BCUT2D eigenvalue weighted by Gasteiger charge is -2.13. The molecular weight excluding hydrogens is 440 g/mol. The van der Waals surface area contributed by atoms with E-state index in [0.717, 1.165) is 4.90 Å². The van der Waals surface area contributed by atoms with Crippen molar-refractivity contribution in [1.29, 1.82) is 0 Å². The Morgan fingerprint density at radius 3 is 2.41 bits per heavy atom. The van der Waals surface area contributed by atoms with Crippen molar-refractivity contribution in [2.45, 2.75) is 12.8 Å². The highest BCUT2D eigenvalue weighted by atomic mass is 16.5. The third-order valence-corrected chi connectivity index (χ3v) is 5.23. The predicted molar refractivity (Wildman–Crippen MR) is 122 cm³/mol. The van der Waals surface area contributed by atoms with Gasteiger partial charge in [-0.05, 0) is 36.8 Å². The zero-order valence-electron chi connectivity index (χ0n) is 18.0. The molecule has 172 valence electrons. The van der Waals surface area contributed by atoms with Crippen molar-refractivity contribution < 1.29 is 28.3 Å². The number of benzene rings is 2. The fourth-order valence-corrected chi connectivity index (χ4v) is 3.58. The minimum atomic E-state index is -0.821. The summed E-state index contributed by atoms with van der Waals surface area (Å²) >= 11 is 0. The van der Waals surface area contributed by atoms with Gasteiger partial charge in [-0.25, -0.2) is 4.79 Å². The number of ether oxygens (including phenoxy) is 1. The number of amides is 3. The van der Waals surface area contributed by atoms with E-state index >= 15 is 0 Å². The van der Waals surface area contributed by atoms with Gasteiger partial charge in [0.15, 0.2) is 0 Å². The Bertz CT molecular complexity index is 1350. The second-order valence-electron chi connectivity index (χ2n) is 7.53. The van der Waals surface area contributed by atoms with E-state index in [9.17, 15) is 24.0 Å². The molecule has 34 heavy (non-hydrogen) atoms. The molecule has 3 aromatic rings. The maximum Gasteiger partial charge on any atom is 0.349 e. The molecule has 0 fully saturated rings. The van der Waals surface area contributed by atoms with Crippen molar-refractivity contribution in [3.63, 3.8) is 0 Å². The summed E-state index contributed by atoms with van der Waals surface area (Å²) in [5.41, 5.74) is -0.101. The number of hydrogen-bond acceptors (Lipinski definition) is 7. The topological polar surface area (TPSA) is 123 Å². The van der Waals surface area contributed by atoms with Gasteiger partial charge in [-0.3, -0.25) is 24.1 Å². The van der Waals surface area contributed by atoms with Crippen molar-refractivity contribution in [1.82, 2.24) is 10.2 Å². The first-order chi connectivity index (χ1) is 16.4. The molecule has 2 aromatic carbocycles. The van der Waals surface area contributed by atoms with E-state index in [1.807, 2.05) is 0 Å². The summed E-state index contributed by atoms with van der Waals surface area (Å²) in [6.45, 7) is 3.79. The van der Waals surface area contributed by atoms with Crippen molar-refractivity contribution in [2.24, 2.45) is 0 Å². The highest BCUT2D eigenvalue weighted by Gasteiger charge is 2.34. The van der Waals surface area contributed by atoms with Crippen LogP contribution in [0.1, 0.15) is 43.9 Å². The molecule has 2 heterocycles. The van der Waals surface area contributed by atoms with Crippen LogP contribution in [0.2, 0.25) is 0 Å². The molecule has 0 unspecified atom stereocenters. The summed E-state index contributed by atoms with van der Waals surface area (Å²) in [7, 11) is 0. The number of hydrogen-bond donors (Lipinski definition) is 1. The van der Waals surface area contributed by atoms with Gasteiger partial charge in [0.2, 0.25) is 0 Å². The van der Waals surface area contributed by atoms with Crippen LogP contribution >= 0.6 is 0 Å². The predicted octanol–water partition coefficient (Wildman–Crippen LogP) is 2.69. The molecule has 1 N–H and O–H groups in total. The van der Waals surface area contributed by atoms with Crippen molar-refractivity contribution in [2.75, 3.05) is 13.1 Å². The van der Waals surface area contributed by atoms with Gasteiger partial charge in [0, 0.05) is 31.0 Å². The maximum absolute atomic E-state index is 12.4. The third kappa shape index (κ3) is 4.49. The normalized spacial score (nSPS) is 12.5. The number of fused-ring (bicyclic) bond motifs is 2. The minimum Gasteiger partial charge on any atom is -0.426 e. The van der Waals surface area contributed by atoms with E-state index < -0.39 is 17.5 Å². The van der Waals surface area contributed by atoms with Gasteiger partial charge >= 0.3 is 11.6 Å². The van der Waals surface area contributed by atoms with E-state index in [4.69, 9.17) is 9.15 Å². The first-order valence-electron chi connectivity index (χ1n) is 10.5. The van der Waals surface area contributed by atoms with Crippen molar-refractivity contribution >= 4 is 34.7 Å². The second kappa shape index (κ2) is 9.53. The van der Waals surface area contributed by atoms with E-state index in [1.165, 1.54) is 24.3 Å². The molecule has 1 aliphatic heterocycles. The fourth-order valence-electron chi connectivity index (χ4n) is 3.58. The molecule has 9 nitrogen and oxygen atoms in total. The molecule has 3 amide bonds. The first kappa shape index (κ1) is 22.7. The van der Waals surface area contributed by atoms with Crippen molar-refractivity contribution in [3.05, 3.63) is 88.3 Å². The number of esters is 1. The van der Waals surface area contributed by atoms with Gasteiger partial charge in [-0.2, -0.15) is 0 Å². The Kier molecular flexibility index (Phi) is 6.35. The van der Waals surface area contributed by atoms with Crippen LogP contribution in [0.5, 0.6) is 5.75 Å². The lowest BCUT2D eigenvalue weighted by molar-refractivity contribution is -0.134. The summed E-state index contributed by atoms with van der Waals surface area (Å²) in [6.07, 6.45) is 1.69. The first-order valence-corrected chi connectivity index (χ1v) is 10.5. The number of nitrogens with one attached hydrogen (secondary N) is 1. The van der Waals surface area contributed by atoms with E-state index in [0.29, 0.717) is 16.5 Å². The van der Waals surface area contributed by atoms with Gasteiger partial charge in [0.05, 0.1) is 11.1 Å². The number of imide groups is 1. The molecule has 0 atom stereocenters. The third-order valence-electron chi connectivity index (χ3n) is 5.23. The molecule has 0 radical (unpaired) electrons. The number of rotatable bonds is 8. The fraction of sp³-hybridized carbons (Fsp3) is 0.160. The van der Waals surface area contributed by atoms with Crippen LogP contribution in [0.25, 0.3) is 11.0 Å². The lowest BCUT2D eigenvalue weighted by atomic mass is 10.1. The second-order valence-corrected chi connectivity index (χ2v) is 7.53. The van der Waals surface area contributed by atoms with Crippen LogP contribution in [0.15, 0.2) is 70.4 Å². The van der Waals surface area contributed by atoms with Gasteiger partial charge < -0.3 is 14.5 Å². The summed E-state index contributed by atoms with van der Waals surface area (Å²) in [5.74, 6) is -1.75. The van der Waals surface area contributed by atoms with E-state index in [2.05, 4.69) is 11.9 Å². The van der Waals surface area contributed by atoms with Crippen LogP contribution in [0.3, 0.4) is 0 Å². The smallest absolute Gasteiger partial charge is 0.349 e. The molecule has 0 saturated heterocycles. The SMILES string of the molecule is C=CCNC(=O)c1cc2ccc(OC(=O)CCCN3C(=O)c4ccccc4C3=O)cc2oc1=O. The largest absolute Gasteiger partial charge is 0.426 e. The number of carbonyl (C=O) groups is 4. The average Bonchev–Trinajstić information content (AvgIpc) is 3.07. The van der Waals surface area contributed by atoms with Gasteiger partial charge in [-0.1, -0.05) is 18.2 Å². The summed E-state index contributed by atoms with van der Waals surface area (Å²) in [4.78, 5) is 62.3. The molecule has 0 spiro atoms. The minimum absolute atomic E-state index is 0.0300. The van der Waals surface area contributed by atoms with E-state index in [1.54, 1.807) is 30.3 Å². The Morgan fingerprint density at radius 2 is 1.74 bits per heavy atom. The molecule has 1 aromatic heterocycles. The molecule has 0 bridgehead atoms. The molecule has 9 heteroatoms. The standard InChI is InChI=1S/C25H20N2O7/c1-2-11-26-22(29)19-13-15-9-10-16(14-20(15)34-25(19)32)33-21(28)8-5-12-27-23(30)17-6-3-4-7-18(17)24(27)31/h2-4,6-7,9-10,13-14H,1,5,8,11-12H2,(H,26,29). The monoisotopic (exact) mass is 460 g/mol. The van der Waals surface area contributed by atoms with Crippen LogP contribution < -0.4 is 15.7 Å². The highest BCUT2D eigenvalue weighted by molar-refractivity contribution is 6.21. The van der Waals surface area contributed by atoms with Crippen LogP contribution in [-0.4, -0.2) is 41.7 Å².